The highest BCUT2D eigenvalue weighted by atomic mass is 32.1. The minimum atomic E-state index is -0.200. The molecule has 2 aromatic heterocycles. The number of H-pyrrole nitrogens is 2. The second-order valence-corrected chi connectivity index (χ2v) is 5.15. The van der Waals surface area contributed by atoms with Gasteiger partial charge < -0.3 is 0 Å². The molecular formula is C14H13N5OS. The number of aryl methyl sites for hydroxylation is 2. The standard InChI is InChI=1S/C14H13N5OS/c1-8-3-5-10(6-4-8)19-9(2)7-11(20)12(18-19)13-15-14(21)17-16-13/h3-7H,1-2H3,(H2,15,16,17,21). The van der Waals surface area contributed by atoms with Crippen LogP contribution in [0.3, 0.4) is 0 Å². The maximum absolute atomic E-state index is 12.1. The molecule has 106 valence electrons. The summed E-state index contributed by atoms with van der Waals surface area (Å²) < 4.78 is 2.00. The van der Waals surface area contributed by atoms with Crippen molar-refractivity contribution >= 4 is 12.2 Å². The first-order valence-corrected chi connectivity index (χ1v) is 6.78. The van der Waals surface area contributed by atoms with Gasteiger partial charge >= 0.3 is 0 Å². The van der Waals surface area contributed by atoms with Crippen LogP contribution < -0.4 is 5.43 Å². The molecule has 0 bridgehead atoms. The van der Waals surface area contributed by atoms with Crippen LogP contribution in [-0.2, 0) is 0 Å². The molecule has 7 heteroatoms. The minimum Gasteiger partial charge on any atom is -0.287 e. The van der Waals surface area contributed by atoms with Crippen molar-refractivity contribution < 1.29 is 0 Å². The van der Waals surface area contributed by atoms with Crippen LogP contribution >= 0.6 is 12.2 Å². The zero-order chi connectivity index (χ0) is 15.0. The number of hydrogen-bond donors (Lipinski definition) is 2. The average Bonchev–Trinajstić information content (AvgIpc) is 2.87. The Hall–Kier alpha value is -2.54. The quantitative estimate of drug-likeness (QED) is 0.712. The first-order chi connectivity index (χ1) is 10.0. The molecule has 3 rings (SSSR count). The molecule has 0 fully saturated rings. The smallest absolute Gasteiger partial charge is 0.213 e. The van der Waals surface area contributed by atoms with Gasteiger partial charge in [0.25, 0.3) is 0 Å². The molecule has 0 atom stereocenters. The molecule has 21 heavy (non-hydrogen) atoms. The van der Waals surface area contributed by atoms with Crippen molar-refractivity contribution in [3.63, 3.8) is 0 Å². The van der Waals surface area contributed by atoms with Gasteiger partial charge in [0.15, 0.2) is 11.5 Å². The van der Waals surface area contributed by atoms with Crippen LogP contribution in [0.25, 0.3) is 17.2 Å². The van der Waals surface area contributed by atoms with Gasteiger partial charge in [-0.05, 0) is 38.2 Å². The third-order valence-electron chi connectivity index (χ3n) is 3.11. The number of aromatic amines is 2. The molecule has 2 N–H and O–H groups in total. The monoisotopic (exact) mass is 299 g/mol. The van der Waals surface area contributed by atoms with E-state index in [0.717, 1.165) is 16.9 Å². The van der Waals surface area contributed by atoms with Gasteiger partial charge in [0, 0.05) is 11.8 Å². The van der Waals surface area contributed by atoms with E-state index in [2.05, 4.69) is 20.3 Å². The van der Waals surface area contributed by atoms with E-state index < -0.39 is 0 Å². The Kier molecular flexibility index (Phi) is 3.26. The summed E-state index contributed by atoms with van der Waals surface area (Å²) in [4.78, 5) is 16.2. The molecule has 1 aromatic carbocycles. The highest BCUT2D eigenvalue weighted by Gasteiger charge is 2.12. The van der Waals surface area contributed by atoms with Crippen LogP contribution in [0.2, 0.25) is 0 Å². The molecular weight excluding hydrogens is 286 g/mol. The summed E-state index contributed by atoms with van der Waals surface area (Å²) in [5, 5.41) is 9.82. The fourth-order valence-corrected chi connectivity index (χ4v) is 2.18. The van der Waals surface area contributed by atoms with Crippen LogP contribution in [0.5, 0.6) is 0 Å². The van der Waals surface area contributed by atoms with Crippen LogP contribution in [0.15, 0.2) is 35.1 Å². The van der Waals surface area contributed by atoms with Crippen molar-refractivity contribution in [3.8, 4) is 17.2 Å². The number of rotatable bonds is 2. The van der Waals surface area contributed by atoms with Crippen LogP contribution in [0, 0.1) is 18.6 Å². The van der Waals surface area contributed by atoms with Gasteiger partial charge in [-0.15, -0.1) is 0 Å². The third kappa shape index (κ3) is 2.55. The van der Waals surface area contributed by atoms with E-state index in [1.807, 2.05) is 38.1 Å². The van der Waals surface area contributed by atoms with Crippen molar-refractivity contribution in [2.45, 2.75) is 13.8 Å². The summed E-state index contributed by atoms with van der Waals surface area (Å²) in [7, 11) is 0. The second-order valence-electron chi connectivity index (χ2n) is 4.76. The lowest BCUT2D eigenvalue weighted by Gasteiger charge is -2.10. The van der Waals surface area contributed by atoms with E-state index in [0.29, 0.717) is 5.82 Å². The molecule has 6 nitrogen and oxygen atoms in total. The molecule has 0 spiro atoms. The van der Waals surface area contributed by atoms with Crippen molar-refractivity contribution in [1.29, 1.82) is 0 Å². The number of benzene rings is 1. The molecule has 0 aliphatic rings. The topological polar surface area (TPSA) is 79.4 Å². The SMILES string of the molecule is Cc1ccc(-n2nc(-c3nc(=S)[nH][nH]3)c(=O)cc2C)cc1. The molecule has 2 heterocycles. The Bertz CT molecular complexity index is 904. The third-order valence-corrected chi connectivity index (χ3v) is 3.30. The largest absolute Gasteiger partial charge is 0.287 e. The van der Waals surface area contributed by atoms with E-state index in [1.165, 1.54) is 6.07 Å². The fourth-order valence-electron chi connectivity index (χ4n) is 2.04. The van der Waals surface area contributed by atoms with E-state index >= 15 is 0 Å². The summed E-state index contributed by atoms with van der Waals surface area (Å²) in [5.41, 5.74) is 2.83. The molecule has 0 unspecified atom stereocenters. The molecule has 3 aromatic rings. The van der Waals surface area contributed by atoms with E-state index in [1.54, 1.807) is 4.68 Å². The number of nitrogens with one attached hydrogen (secondary N) is 2. The summed E-state index contributed by atoms with van der Waals surface area (Å²) >= 11 is 4.91. The Morgan fingerprint density at radius 3 is 2.48 bits per heavy atom. The van der Waals surface area contributed by atoms with E-state index in [4.69, 9.17) is 12.2 Å². The van der Waals surface area contributed by atoms with E-state index in [-0.39, 0.29) is 15.9 Å². The van der Waals surface area contributed by atoms with Crippen molar-refractivity contribution in [1.82, 2.24) is 25.0 Å². The van der Waals surface area contributed by atoms with Crippen LogP contribution in [0.1, 0.15) is 11.3 Å². The number of nitrogens with zero attached hydrogens (tertiary/aromatic N) is 3. The Labute approximate surface area is 125 Å². The summed E-state index contributed by atoms with van der Waals surface area (Å²) in [6.45, 7) is 3.86. The Morgan fingerprint density at radius 1 is 1.14 bits per heavy atom. The molecule has 0 saturated heterocycles. The van der Waals surface area contributed by atoms with Crippen molar-refractivity contribution in [3.05, 3.63) is 56.6 Å². The lowest BCUT2D eigenvalue weighted by Crippen LogP contribution is -2.16. The maximum atomic E-state index is 12.1. The van der Waals surface area contributed by atoms with Crippen molar-refractivity contribution in [2.75, 3.05) is 0 Å². The van der Waals surface area contributed by atoms with Gasteiger partial charge in [-0.1, -0.05) is 17.7 Å². The van der Waals surface area contributed by atoms with Crippen molar-refractivity contribution in [2.24, 2.45) is 0 Å². The minimum absolute atomic E-state index is 0.200. The highest BCUT2D eigenvalue weighted by molar-refractivity contribution is 7.71. The summed E-state index contributed by atoms with van der Waals surface area (Å²) in [6, 6.07) is 9.44. The Balaban J connectivity index is 2.20. The van der Waals surface area contributed by atoms with Crippen LogP contribution in [-0.4, -0.2) is 25.0 Å². The molecule has 0 amide bonds. The first kappa shape index (κ1) is 13.4. The molecule has 0 aliphatic heterocycles. The predicted molar refractivity (Wildman–Crippen MR) is 82.1 cm³/mol. The van der Waals surface area contributed by atoms with Gasteiger partial charge in [0.05, 0.1) is 5.69 Å². The second kappa shape index (κ2) is 5.10. The molecule has 0 aliphatic carbocycles. The van der Waals surface area contributed by atoms with Gasteiger partial charge in [-0.2, -0.15) is 10.1 Å². The number of aromatic nitrogens is 5. The summed E-state index contributed by atoms with van der Waals surface area (Å²) in [6.07, 6.45) is 0. The average molecular weight is 299 g/mol. The fraction of sp³-hybridized carbons (Fsp3) is 0.143. The van der Waals surface area contributed by atoms with Crippen LogP contribution in [0.4, 0.5) is 0 Å². The van der Waals surface area contributed by atoms with Gasteiger partial charge in [0.1, 0.15) is 0 Å². The predicted octanol–water partition coefficient (Wildman–Crippen LogP) is 2.30. The lowest BCUT2D eigenvalue weighted by molar-refractivity contribution is 0.800. The zero-order valence-corrected chi connectivity index (χ0v) is 12.4. The normalized spacial score (nSPS) is 10.8. The maximum Gasteiger partial charge on any atom is 0.213 e. The van der Waals surface area contributed by atoms with Gasteiger partial charge in [-0.25, -0.2) is 4.68 Å². The zero-order valence-electron chi connectivity index (χ0n) is 11.5. The molecule has 0 saturated carbocycles. The molecule has 0 radical (unpaired) electrons. The highest BCUT2D eigenvalue weighted by Crippen LogP contribution is 2.12. The van der Waals surface area contributed by atoms with Gasteiger partial charge in [-0.3, -0.25) is 15.0 Å². The lowest BCUT2D eigenvalue weighted by atomic mass is 10.2. The number of hydrogen-bond acceptors (Lipinski definition) is 4. The Morgan fingerprint density at radius 2 is 1.86 bits per heavy atom. The summed E-state index contributed by atoms with van der Waals surface area (Å²) in [5.74, 6) is 0.339. The van der Waals surface area contributed by atoms with Gasteiger partial charge in [0.2, 0.25) is 10.2 Å². The van der Waals surface area contributed by atoms with E-state index in [9.17, 15) is 4.79 Å². The first-order valence-electron chi connectivity index (χ1n) is 6.37.